The van der Waals surface area contributed by atoms with E-state index < -0.39 is 11.5 Å². The summed E-state index contributed by atoms with van der Waals surface area (Å²) in [6.07, 6.45) is 0. The molecule has 3 heteroatoms. The van der Waals surface area contributed by atoms with Crippen molar-refractivity contribution in [2.75, 3.05) is 0 Å². The number of hydrogen-bond acceptors (Lipinski definition) is 0. The van der Waals surface area contributed by atoms with Crippen LogP contribution in [-0.4, -0.2) is 0 Å². The van der Waals surface area contributed by atoms with Gasteiger partial charge in [-0.05, 0) is 87.1 Å². The molecule has 0 saturated carbocycles. The van der Waals surface area contributed by atoms with Crippen molar-refractivity contribution >= 4 is 0 Å². The van der Waals surface area contributed by atoms with Crippen molar-refractivity contribution in [2.24, 2.45) is 0 Å². The Morgan fingerprint density at radius 1 is 0.792 bits per heavy atom. The predicted molar refractivity (Wildman–Crippen MR) is 96.2 cm³/mol. The Labute approximate surface area is 143 Å². The number of benzene rings is 2. The lowest BCUT2D eigenvalue weighted by Crippen LogP contribution is -2.12. The molecular formula is C21H27F3. The Balaban J connectivity index is 0.00000139. The topological polar surface area (TPSA) is 0 Å². The molecule has 132 valence electrons. The Kier molecular flexibility index (Phi) is 6.26. The first-order chi connectivity index (χ1) is 11.0. The molecule has 0 amide bonds. The van der Waals surface area contributed by atoms with Crippen molar-refractivity contribution in [3.05, 3.63) is 57.7 Å². The largest absolute Gasteiger partial charge is 0.239 e. The standard InChI is InChI=1S/C19H21F3.C2H6/c1-10-8-16(20)14(9-15(10)19(5,6)22)17-11(2)7-12(3)18(21)13(17)4;1-2/h7-9H,1-6H3;1-2H3. The monoisotopic (exact) mass is 336 g/mol. The van der Waals surface area contributed by atoms with Gasteiger partial charge < -0.3 is 0 Å². The molecule has 0 saturated heterocycles. The molecule has 0 N–H and O–H groups in total. The van der Waals surface area contributed by atoms with E-state index >= 15 is 0 Å². The molecule has 0 aliphatic carbocycles. The van der Waals surface area contributed by atoms with Crippen LogP contribution in [-0.2, 0) is 5.67 Å². The van der Waals surface area contributed by atoms with Crippen LogP contribution < -0.4 is 0 Å². The van der Waals surface area contributed by atoms with Gasteiger partial charge in [0.25, 0.3) is 0 Å². The van der Waals surface area contributed by atoms with Crippen LogP contribution in [0.5, 0.6) is 0 Å². The van der Waals surface area contributed by atoms with Gasteiger partial charge in [-0.1, -0.05) is 19.9 Å². The van der Waals surface area contributed by atoms with Crippen molar-refractivity contribution in [3.8, 4) is 11.1 Å². The Morgan fingerprint density at radius 3 is 1.83 bits per heavy atom. The lowest BCUT2D eigenvalue weighted by Gasteiger charge is -2.21. The van der Waals surface area contributed by atoms with E-state index in [0.717, 1.165) is 5.56 Å². The highest BCUT2D eigenvalue weighted by atomic mass is 19.1. The van der Waals surface area contributed by atoms with Gasteiger partial charge in [0.1, 0.15) is 17.3 Å². The van der Waals surface area contributed by atoms with Crippen LogP contribution >= 0.6 is 0 Å². The average Bonchev–Trinajstić information content (AvgIpc) is 2.48. The third kappa shape index (κ3) is 3.82. The van der Waals surface area contributed by atoms with Crippen LogP contribution in [0.1, 0.15) is 55.5 Å². The minimum absolute atomic E-state index is 0.250. The molecule has 0 fully saturated rings. The first kappa shape index (κ1) is 20.3. The fourth-order valence-corrected chi connectivity index (χ4v) is 3.08. The maximum atomic E-state index is 14.5. The second kappa shape index (κ2) is 7.42. The molecule has 0 nitrogen and oxygen atoms in total. The zero-order valence-electron chi connectivity index (χ0n) is 15.9. The van der Waals surface area contributed by atoms with Gasteiger partial charge in [0.15, 0.2) is 0 Å². The molecule has 0 radical (unpaired) electrons. The van der Waals surface area contributed by atoms with Crippen molar-refractivity contribution in [1.29, 1.82) is 0 Å². The molecule has 2 aromatic rings. The normalized spacial score (nSPS) is 11.1. The lowest BCUT2D eigenvalue weighted by molar-refractivity contribution is 0.220. The quantitative estimate of drug-likeness (QED) is 0.549. The van der Waals surface area contributed by atoms with Crippen molar-refractivity contribution < 1.29 is 13.2 Å². The first-order valence-corrected chi connectivity index (χ1v) is 8.30. The minimum atomic E-state index is -1.59. The summed E-state index contributed by atoms with van der Waals surface area (Å²) in [5.41, 5.74) is 1.84. The highest BCUT2D eigenvalue weighted by Crippen LogP contribution is 2.37. The van der Waals surface area contributed by atoms with Gasteiger partial charge in [-0.3, -0.25) is 0 Å². The zero-order valence-corrected chi connectivity index (χ0v) is 15.9. The molecule has 0 aliphatic heterocycles. The van der Waals surface area contributed by atoms with Crippen LogP contribution in [0, 0.1) is 39.3 Å². The summed E-state index contributed by atoms with van der Waals surface area (Å²) in [4.78, 5) is 0. The van der Waals surface area contributed by atoms with Crippen molar-refractivity contribution in [1.82, 2.24) is 0 Å². The summed E-state index contributed by atoms with van der Waals surface area (Å²) in [5, 5.41) is 0. The van der Waals surface area contributed by atoms with Crippen LogP contribution in [0.3, 0.4) is 0 Å². The SMILES string of the molecule is CC.Cc1cc(F)c(-c2c(C)cc(C)c(F)c2C)cc1C(C)(C)F. The van der Waals surface area contributed by atoms with Gasteiger partial charge in [-0.25, -0.2) is 13.2 Å². The summed E-state index contributed by atoms with van der Waals surface area (Å²) < 4.78 is 43.0. The highest BCUT2D eigenvalue weighted by Gasteiger charge is 2.24. The molecule has 0 aliphatic rings. The predicted octanol–water partition coefficient (Wildman–Crippen LogP) is 7.10. The van der Waals surface area contributed by atoms with E-state index in [0.29, 0.717) is 27.8 Å². The first-order valence-electron chi connectivity index (χ1n) is 8.30. The van der Waals surface area contributed by atoms with E-state index in [9.17, 15) is 13.2 Å². The molecule has 24 heavy (non-hydrogen) atoms. The average molecular weight is 336 g/mol. The Hall–Kier alpha value is -1.77. The summed E-state index contributed by atoms with van der Waals surface area (Å²) in [7, 11) is 0. The van der Waals surface area contributed by atoms with Crippen LogP contribution in [0.15, 0.2) is 18.2 Å². The van der Waals surface area contributed by atoms with Crippen LogP contribution in [0.25, 0.3) is 11.1 Å². The van der Waals surface area contributed by atoms with E-state index in [1.165, 1.54) is 26.0 Å². The van der Waals surface area contributed by atoms with E-state index in [2.05, 4.69) is 0 Å². The molecule has 0 atom stereocenters. The molecule has 0 spiro atoms. The molecule has 0 unspecified atom stereocenters. The van der Waals surface area contributed by atoms with Crippen molar-refractivity contribution in [3.63, 3.8) is 0 Å². The molecule has 0 bridgehead atoms. The van der Waals surface area contributed by atoms with E-state index in [-0.39, 0.29) is 11.4 Å². The number of hydrogen-bond donors (Lipinski definition) is 0. The maximum absolute atomic E-state index is 14.5. The second-order valence-corrected chi connectivity index (χ2v) is 6.44. The Bertz CT molecular complexity index is 738. The fraction of sp³-hybridized carbons (Fsp3) is 0.429. The summed E-state index contributed by atoms with van der Waals surface area (Å²) in [6, 6.07) is 4.52. The summed E-state index contributed by atoms with van der Waals surface area (Å²) in [6.45, 7) is 13.7. The molecule has 2 rings (SSSR count). The second-order valence-electron chi connectivity index (χ2n) is 6.44. The number of alkyl halides is 1. The maximum Gasteiger partial charge on any atom is 0.131 e. The fourth-order valence-electron chi connectivity index (χ4n) is 3.08. The van der Waals surface area contributed by atoms with E-state index in [4.69, 9.17) is 0 Å². The van der Waals surface area contributed by atoms with Gasteiger partial charge in [0, 0.05) is 5.56 Å². The van der Waals surface area contributed by atoms with Gasteiger partial charge >= 0.3 is 0 Å². The molecular weight excluding hydrogens is 309 g/mol. The lowest BCUT2D eigenvalue weighted by atomic mass is 9.87. The Morgan fingerprint density at radius 2 is 1.33 bits per heavy atom. The molecule has 0 aromatic heterocycles. The zero-order chi connectivity index (χ0) is 18.8. The van der Waals surface area contributed by atoms with Gasteiger partial charge in [0.05, 0.1) is 0 Å². The smallest absolute Gasteiger partial charge is 0.131 e. The third-order valence-corrected chi connectivity index (χ3v) is 4.10. The van der Waals surface area contributed by atoms with Gasteiger partial charge in [0.2, 0.25) is 0 Å². The van der Waals surface area contributed by atoms with Gasteiger partial charge in [-0.15, -0.1) is 0 Å². The number of aryl methyl sites for hydroxylation is 3. The highest BCUT2D eigenvalue weighted by molar-refractivity contribution is 5.73. The number of halogens is 3. The number of rotatable bonds is 2. The van der Waals surface area contributed by atoms with Crippen molar-refractivity contribution in [2.45, 2.75) is 61.1 Å². The van der Waals surface area contributed by atoms with Gasteiger partial charge in [-0.2, -0.15) is 0 Å². The van der Waals surface area contributed by atoms with E-state index in [1.807, 2.05) is 20.8 Å². The summed E-state index contributed by atoms with van der Waals surface area (Å²) in [5.74, 6) is -0.804. The van der Waals surface area contributed by atoms with Crippen LogP contribution in [0.2, 0.25) is 0 Å². The van der Waals surface area contributed by atoms with E-state index in [1.54, 1.807) is 26.8 Å². The minimum Gasteiger partial charge on any atom is -0.239 e. The van der Waals surface area contributed by atoms with Crippen LogP contribution in [0.4, 0.5) is 13.2 Å². The summed E-state index contributed by atoms with van der Waals surface area (Å²) >= 11 is 0. The molecule has 0 heterocycles. The molecule has 2 aromatic carbocycles. The third-order valence-electron chi connectivity index (χ3n) is 4.10.